The molecule has 1 fully saturated rings. The average molecular weight is 428 g/mol. The lowest BCUT2D eigenvalue weighted by Crippen LogP contribution is -2.42. The lowest BCUT2D eigenvalue weighted by atomic mass is 9.77. The summed E-state index contributed by atoms with van der Waals surface area (Å²) in [5.41, 5.74) is 10.9. The highest BCUT2D eigenvalue weighted by Gasteiger charge is 2.31. The standard InChI is InChI=1S/C26H29N5O/c1-17(30-10-8-20-3-2-18(14-27)12-23(20)16-30)19-4-6-21(7-5-19)24-13-25-22(15-29-24)9-11-31(25)26(28)32/h2-3,9,11-13,15,17,19,21H,4-8,10,16H2,1H3,(H2,28,32). The average Bonchev–Trinajstić information content (AvgIpc) is 3.26. The Morgan fingerprint density at radius 3 is 2.75 bits per heavy atom. The smallest absolute Gasteiger partial charge is 0.323 e. The molecular weight excluding hydrogens is 398 g/mol. The predicted octanol–water partition coefficient (Wildman–Crippen LogP) is 4.56. The Labute approximate surface area is 188 Å². The molecule has 1 aliphatic heterocycles. The number of aromatic nitrogens is 2. The third-order valence-corrected chi connectivity index (χ3v) is 7.66. The number of nitrogens with zero attached hydrogens (tertiary/aromatic N) is 4. The van der Waals surface area contributed by atoms with Gasteiger partial charge in [0.15, 0.2) is 0 Å². The van der Waals surface area contributed by atoms with Crippen LogP contribution in [0.5, 0.6) is 0 Å². The van der Waals surface area contributed by atoms with E-state index in [0.717, 1.165) is 54.5 Å². The summed E-state index contributed by atoms with van der Waals surface area (Å²) in [6.45, 7) is 4.39. The molecule has 1 amide bonds. The normalized spacial score (nSPS) is 22.2. The molecule has 1 unspecified atom stereocenters. The molecule has 164 valence electrons. The number of pyridine rings is 1. The first-order valence-corrected chi connectivity index (χ1v) is 11.6. The van der Waals surface area contributed by atoms with Crippen LogP contribution in [0.15, 0.2) is 42.7 Å². The molecule has 6 nitrogen and oxygen atoms in total. The fraction of sp³-hybridized carbons (Fsp3) is 0.423. The number of fused-ring (bicyclic) bond motifs is 2. The van der Waals surface area contributed by atoms with Crippen LogP contribution in [0.4, 0.5) is 4.79 Å². The maximum Gasteiger partial charge on any atom is 0.323 e. The van der Waals surface area contributed by atoms with E-state index in [-0.39, 0.29) is 0 Å². The van der Waals surface area contributed by atoms with Gasteiger partial charge in [0, 0.05) is 48.5 Å². The van der Waals surface area contributed by atoms with Gasteiger partial charge in [-0.3, -0.25) is 14.5 Å². The monoisotopic (exact) mass is 427 g/mol. The van der Waals surface area contributed by atoms with E-state index in [0.29, 0.717) is 17.9 Å². The van der Waals surface area contributed by atoms with Gasteiger partial charge in [0.05, 0.1) is 17.1 Å². The minimum Gasteiger partial charge on any atom is -0.351 e. The highest BCUT2D eigenvalue weighted by molar-refractivity contribution is 5.90. The Balaban J connectivity index is 1.25. The quantitative estimate of drug-likeness (QED) is 0.664. The summed E-state index contributed by atoms with van der Waals surface area (Å²) in [4.78, 5) is 19.0. The summed E-state index contributed by atoms with van der Waals surface area (Å²) in [5.74, 6) is 1.10. The fourth-order valence-corrected chi connectivity index (χ4v) is 5.65. The molecule has 0 bridgehead atoms. The Morgan fingerprint density at radius 1 is 1.19 bits per heavy atom. The fourth-order valence-electron chi connectivity index (χ4n) is 5.65. The van der Waals surface area contributed by atoms with Crippen LogP contribution in [-0.2, 0) is 13.0 Å². The van der Waals surface area contributed by atoms with Gasteiger partial charge in [-0.25, -0.2) is 4.79 Å². The second-order valence-electron chi connectivity index (χ2n) is 9.36. The summed E-state index contributed by atoms with van der Waals surface area (Å²) in [6, 6.07) is 12.4. The second-order valence-corrected chi connectivity index (χ2v) is 9.36. The van der Waals surface area contributed by atoms with Crippen molar-refractivity contribution in [2.24, 2.45) is 11.7 Å². The molecule has 5 rings (SSSR count). The van der Waals surface area contributed by atoms with Gasteiger partial charge in [0.1, 0.15) is 0 Å². The zero-order valence-corrected chi connectivity index (χ0v) is 18.5. The first-order chi connectivity index (χ1) is 15.5. The topological polar surface area (TPSA) is 87.9 Å². The molecule has 0 spiro atoms. The molecule has 32 heavy (non-hydrogen) atoms. The highest BCUT2D eigenvalue weighted by Crippen LogP contribution is 2.39. The number of nitriles is 1. The Bertz CT molecular complexity index is 1200. The second kappa shape index (κ2) is 8.40. The third-order valence-electron chi connectivity index (χ3n) is 7.66. The Hall–Kier alpha value is -3.17. The van der Waals surface area contributed by atoms with E-state index < -0.39 is 6.03 Å². The summed E-state index contributed by atoms with van der Waals surface area (Å²) >= 11 is 0. The number of carbonyl (C=O) groups excluding carboxylic acids is 1. The van der Waals surface area contributed by atoms with E-state index in [1.54, 1.807) is 6.20 Å². The van der Waals surface area contributed by atoms with Crippen molar-refractivity contribution in [2.75, 3.05) is 6.54 Å². The van der Waals surface area contributed by atoms with Crippen LogP contribution in [0.1, 0.15) is 60.9 Å². The lowest BCUT2D eigenvalue weighted by Gasteiger charge is -2.40. The maximum atomic E-state index is 11.7. The molecule has 1 atom stereocenters. The molecule has 2 N–H and O–H groups in total. The van der Waals surface area contributed by atoms with E-state index >= 15 is 0 Å². The van der Waals surface area contributed by atoms with Crippen LogP contribution >= 0.6 is 0 Å². The van der Waals surface area contributed by atoms with Crippen LogP contribution in [0.25, 0.3) is 10.9 Å². The Morgan fingerprint density at radius 2 is 2.00 bits per heavy atom. The van der Waals surface area contributed by atoms with E-state index in [9.17, 15) is 10.1 Å². The molecule has 0 radical (unpaired) electrons. The van der Waals surface area contributed by atoms with Crippen molar-refractivity contribution in [1.82, 2.24) is 14.5 Å². The van der Waals surface area contributed by atoms with Gasteiger partial charge in [-0.1, -0.05) is 6.07 Å². The minimum absolute atomic E-state index is 0.430. The molecule has 6 heteroatoms. The van der Waals surface area contributed by atoms with Crippen molar-refractivity contribution in [3.05, 3.63) is 65.1 Å². The van der Waals surface area contributed by atoms with Gasteiger partial charge >= 0.3 is 6.03 Å². The molecule has 2 aromatic heterocycles. The molecule has 3 heterocycles. The highest BCUT2D eigenvalue weighted by atomic mass is 16.2. The zero-order valence-electron chi connectivity index (χ0n) is 18.5. The minimum atomic E-state index is -0.459. The predicted molar refractivity (Wildman–Crippen MR) is 124 cm³/mol. The van der Waals surface area contributed by atoms with Gasteiger partial charge < -0.3 is 5.73 Å². The summed E-state index contributed by atoms with van der Waals surface area (Å²) in [6.07, 6.45) is 9.24. The molecular formula is C26H29N5O. The first-order valence-electron chi connectivity index (χ1n) is 11.6. The van der Waals surface area contributed by atoms with Crippen LogP contribution in [0.3, 0.4) is 0 Å². The number of primary amides is 1. The largest absolute Gasteiger partial charge is 0.351 e. The van der Waals surface area contributed by atoms with Crippen molar-refractivity contribution in [3.8, 4) is 6.07 Å². The van der Waals surface area contributed by atoms with E-state index in [4.69, 9.17) is 10.7 Å². The molecule has 1 aromatic carbocycles. The van der Waals surface area contributed by atoms with Crippen molar-refractivity contribution in [2.45, 2.75) is 57.5 Å². The van der Waals surface area contributed by atoms with Crippen molar-refractivity contribution in [1.29, 1.82) is 5.26 Å². The van der Waals surface area contributed by atoms with Crippen molar-refractivity contribution >= 4 is 16.9 Å². The van der Waals surface area contributed by atoms with Crippen molar-refractivity contribution in [3.63, 3.8) is 0 Å². The SMILES string of the molecule is CC(C1CCC(c2cc3c(ccn3C(N)=O)cn2)CC1)N1CCc2ccc(C#N)cc2C1. The van der Waals surface area contributed by atoms with Crippen LogP contribution in [0, 0.1) is 17.2 Å². The van der Waals surface area contributed by atoms with E-state index in [1.165, 1.54) is 28.5 Å². The van der Waals surface area contributed by atoms with Crippen LogP contribution in [0.2, 0.25) is 0 Å². The van der Waals surface area contributed by atoms with Crippen LogP contribution in [-0.4, -0.2) is 33.1 Å². The van der Waals surface area contributed by atoms with Gasteiger partial charge in [-0.15, -0.1) is 0 Å². The molecule has 1 saturated carbocycles. The van der Waals surface area contributed by atoms with E-state index in [2.05, 4.69) is 30.0 Å². The number of nitrogens with two attached hydrogens (primary N) is 1. The number of hydrogen-bond acceptors (Lipinski definition) is 4. The van der Waals surface area contributed by atoms with Gasteiger partial charge in [-0.2, -0.15) is 5.26 Å². The van der Waals surface area contributed by atoms with Crippen LogP contribution < -0.4 is 5.73 Å². The van der Waals surface area contributed by atoms with E-state index in [1.807, 2.05) is 24.4 Å². The summed E-state index contributed by atoms with van der Waals surface area (Å²) in [7, 11) is 0. The lowest BCUT2D eigenvalue weighted by molar-refractivity contribution is 0.112. The molecule has 3 aromatic rings. The summed E-state index contributed by atoms with van der Waals surface area (Å²) < 4.78 is 1.50. The molecule has 0 saturated heterocycles. The Kier molecular flexibility index (Phi) is 5.44. The third kappa shape index (κ3) is 3.78. The number of carbonyl (C=O) groups is 1. The van der Waals surface area contributed by atoms with Gasteiger partial charge in [-0.05, 0) is 80.3 Å². The van der Waals surface area contributed by atoms with Crippen molar-refractivity contribution < 1.29 is 4.79 Å². The molecule has 2 aliphatic rings. The van der Waals surface area contributed by atoms with Gasteiger partial charge in [0.25, 0.3) is 0 Å². The number of rotatable bonds is 3. The number of benzene rings is 1. The zero-order chi connectivity index (χ0) is 22.2. The maximum absolute atomic E-state index is 11.7. The summed E-state index contributed by atoms with van der Waals surface area (Å²) in [5, 5.41) is 10.2. The first kappa shape index (κ1) is 20.7. The number of amides is 1. The number of hydrogen-bond donors (Lipinski definition) is 1. The van der Waals surface area contributed by atoms with Gasteiger partial charge in [0.2, 0.25) is 0 Å². The molecule has 1 aliphatic carbocycles.